The molecule has 0 unspecified atom stereocenters. The van der Waals surface area contributed by atoms with E-state index in [0.29, 0.717) is 27.5 Å². The van der Waals surface area contributed by atoms with Gasteiger partial charge in [0.15, 0.2) is 5.65 Å². The number of carbonyl (C=O) groups is 1. The first-order valence-electron chi connectivity index (χ1n) is 10.4. The Bertz CT molecular complexity index is 1300. The minimum absolute atomic E-state index is 0.498. The molecule has 4 aromatic rings. The molecule has 0 atom stereocenters. The summed E-state index contributed by atoms with van der Waals surface area (Å²) < 4.78 is 6.78. The number of hydrogen-bond acceptors (Lipinski definition) is 6. The number of imidazole rings is 1. The van der Waals surface area contributed by atoms with Gasteiger partial charge in [-0.2, -0.15) is 5.10 Å². The molecule has 0 radical (unpaired) electrons. The van der Waals surface area contributed by atoms with Crippen molar-refractivity contribution >= 4 is 23.5 Å². The molecule has 8 heteroatoms. The summed E-state index contributed by atoms with van der Waals surface area (Å²) in [5, 5.41) is 5.11. The summed E-state index contributed by atoms with van der Waals surface area (Å²) in [7, 11) is 2.11. The maximum absolute atomic E-state index is 10.8. The van der Waals surface area contributed by atoms with Crippen LogP contribution in [0.2, 0.25) is 5.02 Å². The molecule has 0 bridgehead atoms. The Labute approximate surface area is 197 Å². The highest BCUT2D eigenvalue weighted by Crippen LogP contribution is 2.18. The Hall–Kier alpha value is -3.57. The highest BCUT2D eigenvalue weighted by Gasteiger charge is 2.06. The molecule has 1 fully saturated rings. The molecule has 1 aromatic carbocycles. The zero-order valence-corrected chi connectivity index (χ0v) is 18.9. The van der Waals surface area contributed by atoms with Gasteiger partial charge in [0.05, 0.1) is 30.1 Å². The average Bonchev–Trinajstić information content (AvgIpc) is 3.27. The summed E-state index contributed by atoms with van der Waals surface area (Å²) in [5.41, 5.74) is 4.33. The molecule has 0 aliphatic carbocycles. The van der Waals surface area contributed by atoms with Gasteiger partial charge < -0.3 is 9.64 Å². The number of hydrogen-bond donors (Lipinski definition) is 0. The third-order valence-corrected chi connectivity index (χ3v) is 5.34. The smallest absolute Gasteiger partial charge is 0.154 e. The number of likely N-dealkylation sites (N-methyl/N-ethyl adjacent to an activating group) is 1. The summed E-state index contributed by atoms with van der Waals surface area (Å²) in [6, 6.07) is 12.7. The predicted molar refractivity (Wildman–Crippen MR) is 127 cm³/mol. The van der Waals surface area contributed by atoms with Gasteiger partial charge in [-0.3, -0.25) is 9.78 Å². The highest BCUT2D eigenvalue weighted by molar-refractivity contribution is 6.31. The van der Waals surface area contributed by atoms with Crippen LogP contribution >= 0.6 is 11.6 Å². The second kappa shape index (κ2) is 10.8. The number of benzene rings is 1. The van der Waals surface area contributed by atoms with Crippen molar-refractivity contribution < 1.29 is 9.53 Å². The number of carbonyl (C=O) groups excluding carboxylic acids is 1. The average molecular weight is 460 g/mol. The topological polar surface area (TPSA) is 72.6 Å². The summed E-state index contributed by atoms with van der Waals surface area (Å²) >= 11 is 6.08. The fourth-order valence-electron chi connectivity index (χ4n) is 3.11. The van der Waals surface area contributed by atoms with Crippen LogP contribution in [0.1, 0.15) is 21.6 Å². The number of aromatic nitrogens is 4. The second-order valence-corrected chi connectivity index (χ2v) is 7.80. The van der Waals surface area contributed by atoms with Crippen LogP contribution in [-0.4, -0.2) is 64.1 Å². The van der Waals surface area contributed by atoms with E-state index >= 15 is 0 Å². The van der Waals surface area contributed by atoms with Crippen LogP contribution in [0.15, 0.2) is 61.1 Å². The Kier molecular flexibility index (Phi) is 7.43. The van der Waals surface area contributed by atoms with Crippen LogP contribution in [-0.2, 0) is 4.74 Å². The largest absolute Gasteiger partial charge is 0.379 e. The van der Waals surface area contributed by atoms with E-state index in [1.807, 2.05) is 24.3 Å². The van der Waals surface area contributed by atoms with E-state index in [9.17, 15) is 4.79 Å². The van der Waals surface area contributed by atoms with E-state index in [0.717, 1.165) is 43.8 Å². The van der Waals surface area contributed by atoms with E-state index in [1.165, 1.54) is 0 Å². The Balaban J connectivity index is 0.000000318. The van der Waals surface area contributed by atoms with Crippen molar-refractivity contribution in [2.24, 2.45) is 0 Å². The van der Waals surface area contributed by atoms with E-state index in [1.54, 1.807) is 41.3 Å². The molecular formula is C25H22ClN5O2. The number of pyridine rings is 1. The maximum atomic E-state index is 10.8. The van der Waals surface area contributed by atoms with Gasteiger partial charge >= 0.3 is 0 Å². The first kappa shape index (κ1) is 22.6. The van der Waals surface area contributed by atoms with Gasteiger partial charge in [-0.15, -0.1) is 0 Å². The molecule has 3 aromatic heterocycles. The molecule has 1 saturated heterocycles. The van der Waals surface area contributed by atoms with E-state index < -0.39 is 0 Å². The van der Waals surface area contributed by atoms with Crippen LogP contribution in [0, 0.1) is 11.8 Å². The summed E-state index contributed by atoms with van der Waals surface area (Å²) in [4.78, 5) is 21.3. The van der Waals surface area contributed by atoms with Crippen LogP contribution < -0.4 is 0 Å². The molecule has 0 saturated carbocycles. The molecule has 0 spiro atoms. The Morgan fingerprint density at radius 3 is 2.48 bits per heavy atom. The van der Waals surface area contributed by atoms with Crippen molar-refractivity contribution in [2.45, 2.75) is 0 Å². The third-order valence-electron chi connectivity index (χ3n) is 5.04. The minimum Gasteiger partial charge on any atom is -0.379 e. The van der Waals surface area contributed by atoms with Crippen molar-refractivity contribution in [2.75, 3.05) is 33.4 Å². The number of aldehydes is 1. The van der Waals surface area contributed by atoms with Gasteiger partial charge in [0, 0.05) is 42.2 Å². The molecule has 4 heterocycles. The fraction of sp³-hybridized carbons (Fsp3) is 0.200. The van der Waals surface area contributed by atoms with Crippen LogP contribution in [0.25, 0.3) is 16.9 Å². The Morgan fingerprint density at radius 2 is 1.82 bits per heavy atom. The van der Waals surface area contributed by atoms with Crippen molar-refractivity contribution in [3.8, 4) is 23.1 Å². The number of ether oxygens (including phenoxy) is 1. The number of halogens is 1. The first-order chi connectivity index (χ1) is 16.1. The number of fused-ring (bicyclic) bond motifs is 1. The summed E-state index contributed by atoms with van der Waals surface area (Å²) in [5.74, 6) is 6.07. The van der Waals surface area contributed by atoms with E-state index in [-0.39, 0.29) is 0 Å². The molecule has 166 valence electrons. The molecular weight excluding hydrogens is 438 g/mol. The van der Waals surface area contributed by atoms with Crippen molar-refractivity contribution in [1.82, 2.24) is 24.5 Å². The predicted octanol–water partition coefficient (Wildman–Crippen LogP) is 3.61. The summed E-state index contributed by atoms with van der Waals surface area (Å²) in [6.45, 7) is 4.02. The lowest BCUT2D eigenvalue weighted by Gasteiger charge is -2.21. The lowest BCUT2D eigenvalue weighted by molar-refractivity contribution is 0.0503. The number of rotatable bonds is 2. The van der Waals surface area contributed by atoms with Crippen molar-refractivity contribution in [3.63, 3.8) is 0 Å². The van der Waals surface area contributed by atoms with Crippen LogP contribution in [0.4, 0.5) is 0 Å². The standard InChI is InChI=1S/C20H11ClN4O.C5H11NO/c21-18-12-22-10-9-15(18)5-6-17-11-23-20-8-7-19(24-25(17)20)16-3-1-14(13-26)2-4-16;1-6-2-4-7-5-3-6/h1-4,7-13H;2-5H2,1H3. The van der Waals surface area contributed by atoms with Crippen LogP contribution in [0.5, 0.6) is 0 Å². The van der Waals surface area contributed by atoms with Gasteiger partial charge in [-0.05, 0) is 31.2 Å². The summed E-state index contributed by atoms with van der Waals surface area (Å²) in [6.07, 6.45) is 5.68. The lowest BCUT2D eigenvalue weighted by atomic mass is 10.1. The zero-order valence-electron chi connectivity index (χ0n) is 18.1. The normalized spacial score (nSPS) is 13.5. The molecule has 7 nitrogen and oxygen atoms in total. The quantitative estimate of drug-likeness (QED) is 0.337. The number of morpholine rings is 1. The van der Waals surface area contributed by atoms with Crippen LogP contribution in [0.3, 0.4) is 0 Å². The monoisotopic (exact) mass is 459 g/mol. The van der Waals surface area contributed by atoms with Gasteiger partial charge in [-0.1, -0.05) is 41.8 Å². The first-order valence-corrected chi connectivity index (χ1v) is 10.8. The highest BCUT2D eigenvalue weighted by atomic mass is 35.5. The van der Waals surface area contributed by atoms with E-state index in [2.05, 4.69) is 38.9 Å². The van der Waals surface area contributed by atoms with Gasteiger partial charge in [-0.25, -0.2) is 9.50 Å². The minimum atomic E-state index is 0.498. The molecule has 1 aliphatic rings. The van der Waals surface area contributed by atoms with Gasteiger partial charge in [0.25, 0.3) is 0 Å². The third kappa shape index (κ3) is 5.82. The maximum Gasteiger partial charge on any atom is 0.154 e. The molecule has 1 aliphatic heterocycles. The fourth-order valence-corrected chi connectivity index (χ4v) is 3.27. The second-order valence-electron chi connectivity index (χ2n) is 7.39. The molecule has 33 heavy (non-hydrogen) atoms. The molecule has 0 amide bonds. The molecule has 0 N–H and O–H groups in total. The number of nitrogens with zero attached hydrogens (tertiary/aromatic N) is 5. The van der Waals surface area contributed by atoms with Crippen molar-refractivity contribution in [1.29, 1.82) is 0 Å². The Morgan fingerprint density at radius 1 is 1.03 bits per heavy atom. The van der Waals surface area contributed by atoms with Gasteiger partial charge in [0.2, 0.25) is 0 Å². The van der Waals surface area contributed by atoms with Gasteiger partial charge in [0.1, 0.15) is 12.0 Å². The molecule has 5 rings (SSSR count). The SMILES string of the molecule is CN1CCOCC1.O=Cc1ccc(-c2ccc3ncc(C#Cc4ccncc4Cl)n3n2)cc1. The lowest BCUT2D eigenvalue weighted by Crippen LogP contribution is -2.32. The van der Waals surface area contributed by atoms with E-state index in [4.69, 9.17) is 16.3 Å². The van der Waals surface area contributed by atoms with Crippen molar-refractivity contribution in [3.05, 3.63) is 82.9 Å². The zero-order chi connectivity index (χ0) is 23.0.